The zero-order valence-corrected chi connectivity index (χ0v) is 10.2. The molecule has 0 aliphatic carbocycles. The van der Waals surface area contributed by atoms with Crippen LogP contribution in [0.15, 0.2) is 0 Å². The van der Waals surface area contributed by atoms with Gasteiger partial charge in [-0.05, 0) is 11.8 Å². The lowest BCUT2D eigenvalue weighted by atomic mass is 9.83. The van der Waals surface area contributed by atoms with Gasteiger partial charge in [-0.1, -0.05) is 20.8 Å². The maximum Gasteiger partial charge on any atom is 0.335 e. The molecule has 6 heteroatoms. The van der Waals surface area contributed by atoms with Gasteiger partial charge in [0.25, 0.3) is 0 Å². The lowest BCUT2D eigenvalue weighted by Crippen LogP contribution is -2.60. The van der Waals surface area contributed by atoms with Gasteiger partial charge < -0.3 is 25.2 Å². The lowest BCUT2D eigenvalue weighted by Gasteiger charge is -2.41. The minimum absolute atomic E-state index is 0.184. The summed E-state index contributed by atoms with van der Waals surface area (Å²) in [5.74, 6) is -1.35. The van der Waals surface area contributed by atoms with Gasteiger partial charge >= 0.3 is 5.97 Å². The van der Waals surface area contributed by atoms with E-state index >= 15 is 0 Å². The second kappa shape index (κ2) is 4.89. The van der Waals surface area contributed by atoms with Crippen molar-refractivity contribution in [2.75, 3.05) is 0 Å². The molecule has 1 aliphatic heterocycles. The molecule has 0 aromatic rings. The van der Waals surface area contributed by atoms with E-state index in [0.717, 1.165) is 0 Å². The molecular formula is C11H20O6. The average molecular weight is 248 g/mol. The summed E-state index contributed by atoms with van der Waals surface area (Å²) in [5.41, 5.74) is -0.184. The van der Waals surface area contributed by atoms with Crippen LogP contribution in [-0.4, -0.2) is 56.9 Å². The van der Waals surface area contributed by atoms with Crippen LogP contribution in [0.5, 0.6) is 0 Å². The van der Waals surface area contributed by atoms with E-state index in [9.17, 15) is 20.1 Å². The van der Waals surface area contributed by atoms with Crippen LogP contribution in [0.4, 0.5) is 0 Å². The monoisotopic (exact) mass is 248 g/mol. The number of aliphatic hydroxyl groups is 3. The molecule has 0 bridgehead atoms. The number of carboxylic acid groups (broad SMARTS) is 1. The van der Waals surface area contributed by atoms with Crippen LogP contribution in [0.25, 0.3) is 0 Å². The molecule has 0 aromatic carbocycles. The van der Waals surface area contributed by atoms with E-state index in [1.165, 1.54) is 0 Å². The van der Waals surface area contributed by atoms with Crippen LogP contribution < -0.4 is 0 Å². The average Bonchev–Trinajstić information content (AvgIpc) is 2.16. The largest absolute Gasteiger partial charge is 0.479 e. The van der Waals surface area contributed by atoms with E-state index in [-0.39, 0.29) is 5.41 Å². The van der Waals surface area contributed by atoms with Crippen molar-refractivity contribution in [3.05, 3.63) is 0 Å². The molecule has 0 spiro atoms. The fourth-order valence-corrected chi connectivity index (χ4v) is 1.93. The standard InChI is InChI=1S/C11H20O6/c1-11(2,3)4-5-6(12)7(13)8(14)9(17-5)10(15)16/h5-9,12-14H,4H2,1-3H3,(H,15,16)/t5-,6-,7+,8-,9-/m0/s1. The number of hydrogen-bond acceptors (Lipinski definition) is 5. The minimum Gasteiger partial charge on any atom is -0.479 e. The number of ether oxygens (including phenoxy) is 1. The van der Waals surface area contributed by atoms with E-state index < -0.39 is 36.5 Å². The number of hydrogen-bond donors (Lipinski definition) is 4. The normalized spacial score (nSPS) is 39.1. The van der Waals surface area contributed by atoms with Crippen molar-refractivity contribution in [3.8, 4) is 0 Å². The molecule has 4 N–H and O–H groups in total. The van der Waals surface area contributed by atoms with Gasteiger partial charge in [0.15, 0.2) is 6.10 Å². The van der Waals surface area contributed by atoms with Crippen LogP contribution in [0.1, 0.15) is 27.2 Å². The molecule has 0 unspecified atom stereocenters. The highest BCUT2D eigenvalue weighted by molar-refractivity contribution is 5.73. The van der Waals surface area contributed by atoms with Crippen molar-refractivity contribution in [3.63, 3.8) is 0 Å². The smallest absolute Gasteiger partial charge is 0.335 e. The van der Waals surface area contributed by atoms with Gasteiger partial charge in [-0.25, -0.2) is 4.79 Å². The number of carboxylic acids is 1. The third-order valence-electron chi connectivity index (χ3n) is 2.77. The Bertz CT molecular complexity index is 284. The van der Waals surface area contributed by atoms with Crippen LogP contribution in [0, 0.1) is 5.41 Å². The van der Waals surface area contributed by atoms with Gasteiger partial charge in [0.2, 0.25) is 0 Å². The second-order valence-corrected chi connectivity index (χ2v) is 5.67. The Kier molecular flexibility index (Phi) is 4.14. The minimum atomic E-state index is -1.61. The van der Waals surface area contributed by atoms with Crippen molar-refractivity contribution in [1.82, 2.24) is 0 Å². The van der Waals surface area contributed by atoms with E-state index in [4.69, 9.17) is 9.84 Å². The van der Waals surface area contributed by atoms with Crippen LogP contribution in [0.2, 0.25) is 0 Å². The van der Waals surface area contributed by atoms with Gasteiger partial charge in [-0.2, -0.15) is 0 Å². The maximum atomic E-state index is 10.9. The molecule has 1 saturated heterocycles. The quantitative estimate of drug-likeness (QED) is 0.517. The van der Waals surface area contributed by atoms with Crippen LogP contribution >= 0.6 is 0 Å². The summed E-state index contributed by atoms with van der Waals surface area (Å²) >= 11 is 0. The van der Waals surface area contributed by atoms with Gasteiger partial charge in [-0.3, -0.25) is 0 Å². The Labute approximate surface area is 99.8 Å². The highest BCUT2D eigenvalue weighted by Crippen LogP contribution is 2.30. The summed E-state index contributed by atoms with van der Waals surface area (Å²) in [5, 5.41) is 37.7. The van der Waals surface area contributed by atoms with E-state index in [1.54, 1.807) is 0 Å². The van der Waals surface area contributed by atoms with Crippen molar-refractivity contribution in [2.24, 2.45) is 5.41 Å². The highest BCUT2D eigenvalue weighted by atomic mass is 16.6. The molecule has 0 amide bonds. The molecule has 5 atom stereocenters. The summed E-state index contributed by atoms with van der Waals surface area (Å²) in [6, 6.07) is 0. The zero-order valence-electron chi connectivity index (χ0n) is 10.2. The molecule has 0 aromatic heterocycles. The summed E-state index contributed by atoms with van der Waals surface area (Å²) in [7, 11) is 0. The van der Waals surface area contributed by atoms with Crippen LogP contribution in [0.3, 0.4) is 0 Å². The SMILES string of the molecule is CC(C)(C)C[C@@H]1O[C@H](C(=O)O)[C@@H](O)[C@H](O)[C@H]1O. The molecule has 0 saturated carbocycles. The first-order valence-corrected chi connectivity index (χ1v) is 5.56. The molecular weight excluding hydrogens is 228 g/mol. The first-order chi connectivity index (χ1) is 7.63. The molecule has 1 heterocycles. The second-order valence-electron chi connectivity index (χ2n) is 5.67. The van der Waals surface area contributed by atoms with Crippen molar-refractivity contribution in [2.45, 2.75) is 57.7 Å². The molecule has 1 fully saturated rings. The summed E-state index contributed by atoms with van der Waals surface area (Å²) < 4.78 is 5.16. The Hall–Kier alpha value is -0.690. The van der Waals surface area contributed by atoms with Gasteiger partial charge in [0.05, 0.1) is 6.10 Å². The van der Waals surface area contributed by atoms with Gasteiger partial charge in [0, 0.05) is 0 Å². The topological polar surface area (TPSA) is 107 Å². The summed E-state index contributed by atoms with van der Waals surface area (Å²) in [6.07, 6.45) is -6.30. The van der Waals surface area contributed by atoms with Crippen molar-refractivity contribution < 1.29 is 30.0 Å². The molecule has 0 radical (unpaired) electrons. The Morgan fingerprint density at radius 3 is 2.06 bits per heavy atom. The number of carbonyl (C=O) groups is 1. The van der Waals surface area contributed by atoms with E-state index in [0.29, 0.717) is 6.42 Å². The number of aliphatic hydroxyl groups excluding tert-OH is 3. The molecule has 100 valence electrons. The molecule has 17 heavy (non-hydrogen) atoms. The maximum absolute atomic E-state index is 10.9. The summed E-state index contributed by atoms with van der Waals surface area (Å²) in [4.78, 5) is 10.9. The van der Waals surface area contributed by atoms with E-state index in [1.807, 2.05) is 20.8 Å². The predicted molar refractivity (Wildman–Crippen MR) is 58.4 cm³/mol. The van der Waals surface area contributed by atoms with Crippen molar-refractivity contribution >= 4 is 5.97 Å². The van der Waals surface area contributed by atoms with Crippen LogP contribution in [-0.2, 0) is 9.53 Å². The molecule has 1 rings (SSSR count). The third-order valence-corrected chi connectivity index (χ3v) is 2.77. The Morgan fingerprint density at radius 2 is 1.65 bits per heavy atom. The number of rotatable bonds is 2. The number of aliphatic carboxylic acids is 1. The lowest BCUT2D eigenvalue weighted by molar-refractivity contribution is -0.232. The predicted octanol–water partition coefficient (Wildman–Crippen LogP) is -0.643. The van der Waals surface area contributed by atoms with E-state index in [2.05, 4.69) is 0 Å². The fraction of sp³-hybridized carbons (Fsp3) is 0.909. The van der Waals surface area contributed by atoms with Gasteiger partial charge in [-0.15, -0.1) is 0 Å². The van der Waals surface area contributed by atoms with Crippen molar-refractivity contribution in [1.29, 1.82) is 0 Å². The first kappa shape index (κ1) is 14.4. The summed E-state index contributed by atoms with van der Waals surface area (Å²) in [6.45, 7) is 5.74. The highest BCUT2D eigenvalue weighted by Gasteiger charge is 2.47. The van der Waals surface area contributed by atoms with Gasteiger partial charge in [0.1, 0.15) is 18.3 Å². The Balaban J connectivity index is 2.82. The third kappa shape index (κ3) is 3.38. The molecule has 1 aliphatic rings. The Morgan fingerprint density at radius 1 is 1.12 bits per heavy atom. The fourth-order valence-electron chi connectivity index (χ4n) is 1.93. The molecule has 6 nitrogen and oxygen atoms in total. The first-order valence-electron chi connectivity index (χ1n) is 5.56. The zero-order chi connectivity index (χ0) is 13.4.